The number of rotatable bonds is 3. The zero-order valence-corrected chi connectivity index (χ0v) is 8.55. The molecule has 3 heteroatoms. The number of piperidine rings is 1. The first kappa shape index (κ1) is 9.44. The third kappa shape index (κ3) is 2.42. The number of likely N-dealkylation sites (tertiary alicyclic amines) is 1. The molecule has 0 spiro atoms. The van der Waals surface area contributed by atoms with Crippen molar-refractivity contribution in [3.8, 4) is 0 Å². The van der Waals surface area contributed by atoms with E-state index in [1.54, 1.807) is 0 Å². The Morgan fingerprint density at radius 1 is 1.38 bits per heavy atom. The first-order valence-corrected chi connectivity index (χ1v) is 5.57. The van der Waals surface area contributed by atoms with Gasteiger partial charge < -0.3 is 15.5 Å². The molecule has 2 aliphatic heterocycles. The molecule has 2 saturated heterocycles. The lowest BCUT2D eigenvalue weighted by Crippen LogP contribution is -2.60. The van der Waals surface area contributed by atoms with E-state index in [1.807, 2.05) is 0 Å². The van der Waals surface area contributed by atoms with Crippen molar-refractivity contribution in [1.29, 1.82) is 0 Å². The predicted molar refractivity (Wildman–Crippen MR) is 54.9 cm³/mol. The van der Waals surface area contributed by atoms with E-state index in [0.29, 0.717) is 0 Å². The number of hydrogen-bond donors (Lipinski definition) is 2. The SMILES string of the molecule is CCN1CCCC(NC2CNC2)C1. The van der Waals surface area contributed by atoms with Gasteiger partial charge in [-0.3, -0.25) is 0 Å². The Bertz CT molecular complexity index is 154. The second-order valence-corrected chi connectivity index (χ2v) is 4.25. The van der Waals surface area contributed by atoms with Crippen LogP contribution in [0.5, 0.6) is 0 Å². The third-order valence-corrected chi connectivity index (χ3v) is 3.21. The van der Waals surface area contributed by atoms with E-state index >= 15 is 0 Å². The van der Waals surface area contributed by atoms with Crippen LogP contribution in [0.4, 0.5) is 0 Å². The number of likely N-dealkylation sites (N-methyl/N-ethyl adjacent to an activating group) is 1. The average molecular weight is 183 g/mol. The van der Waals surface area contributed by atoms with E-state index in [0.717, 1.165) is 12.1 Å². The second-order valence-electron chi connectivity index (χ2n) is 4.25. The molecule has 0 aromatic heterocycles. The molecule has 1 unspecified atom stereocenters. The van der Waals surface area contributed by atoms with Crippen molar-refractivity contribution in [1.82, 2.24) is 15.5 Å². The van der Waals surface area contributed by atoms with E-state index in [-0.39, 0.29) is 0 Å². The Labute approximate surface area is 80.9 Å². The van der Waals surface area contributed by atoms with Crippen molar-refractivity contribution >= 4 is 0 Å². The molecular weight excluding hydrogens is 162 g/mol. The number of nitrogens with zero attached hydrogens (tertiary/aromatic N) is 1. The highest BCUT2D eigenvalue weighted by Crippen LogP contribution is 2.10. The van der Waals surface area contributed by atoms with Gasteiger partial charge in [-0.1, -0.05) is 6.92 Å². The van der Waals surface area contributed by atoms with Crippen molar-refractivity contribution in [2.75, 3.05) is 32.7 Å². The lowest BCUT2D eigenvalue weighted by molar-refractivity contribution is 0.180. The van der Waals surface area contributed by atoms with Gasteiger partial charge in [0.15, 0.2) is 0 Å². The fraction of sp³-hybridized carbons (Fsp3) is 1.00. The van der Waals surface area contributed by atoms with Crippen LogP contribution < -0.4 is 10.6 Å². The van der Waals surface area contributed by atoms with Crippen molar-refractivity contribution in [2.24, 2.45) is 0 Å². The Balaban J connectivity index is 1.71. The minimum atomic E-state index is 0.751. The van der Waals surface area contributed by atoms with Crippen LogP contribution in [-0.4, -0.2) is 49.7 Å². The van der Waals surface area contributed by atoms with Crippen molar-refractivity contribution < 1.29 is 0 Å². The summed E-state index contributed by atoms with van der Waals surface area (Å²) in [5, 5.41) is 7.02. The van der Waals surface area contributed by atoms with Gasteiger partial charge in [0.05, 0.1) is 0 Å². The minimum absolute atomic E-state index is 0.751. The van der Waals surface area contributed by atoms with E-state index in [2.05, 4.69) is 22.5 Å². The first-order valence-electron chi connectivity index (χ1n) is 5.57. The van der Waals surface area contributed by atoms with Crippen LogP contribution in [0.25, 0.3) is 0 Å². The summed E-state index contributed by atoms with van der Waals surface area (Å²) in [4.78, 5) is 2.55. The highest BCUT2D eigenvalue weighted by atomic mass is 15.2. The normalized spacial score (nSPS) is 31.6. The lowest BCUT2D eigenvalue weighted by atomic mass is 10.0. The summed E-state index contributed by atoms with van der Waals surface area (Å²) < 4.78 is 0. The molecule has 0 bridgehead atoms. The molecule has 13 heavy (non-hydrogen) atoms. The Hall–Kier alpha value is -0.120. The van der Waals surface area contributed by atoms with Gasteiger partial charge in [-0.05, 0) is 25.9 Å². The third-order valence-electron chi connectivity index (χ3n) is 3.21. The minimum Gasteiger partial charge on any atom is -0.314 e. The van der Waals surface area contributed by atoms with Gasteiger partial charge >= 0.3 is 0 Å². The maximum Gasteiger partial charge on any atom is 0.0320 e. The monoisotopic (exact) mass is 183 g/mol. The zero-order valence-electron chi connectivity index (χ0n) is 8.55. The molecule has 0 saturated carbocycles. The van der Waals surface area contributed by atoms with Gasteiger partial charge in [-0.2, -0.15) is 0 Å². The molecule has 0 radical (unpaired) electrons. The van der Waals surface area contributed by atoms with Crippen LogP contribution in [0, 0.1) is 0 Å². The molecule has 2 fully saturated rings. The highest BCUT2D eigenvalue weighted by molar-refractivity contribution is 4.87. The quantitative estimate of drug-likeness (QED) is 0.646. The topological polar surface area (TPSA) is 27.3 Å². The van der Waals surface area contributed by atoms with Gasteiger partial charge in [0.1, 0.15) is 0 Å². The Morgan fingerprint density at radius 2 is 2.23 bits per heavy atom. The largest absolute Gasteiger partial charge is 0.314 e. The van der Waals surface area contributed by atoms with E-state index in [1.165, 1.54) is 45.6 Å². The smallest absolute Gasteiger partial charge is 0.0320 e. The average Bonchev–Trinajstić information content (AvgIpc) is 2.12. The van der Waals surface area contributed by atoms with Gasteiger partial charge in [-0.25, -0.2) is 0 Å². The molecule has 0 aromatic rings. The lowest BCUT2D eigenvalue weighted by Gasteiger charge is -2.37. The molecule has 2 heterocycles. The summed E-state index contributed by atoms with van der Waals surface area (Å²) >= 11 is 0. The predicted octanol–water partition coefficient (Wildman–Crippen LogP) is 0.0321. The summed E-state index contributed by atoms with van der Waals surface area (Å²) in [6.45, 7) is 8.37. The summed E-state index contributed by atoms with van der Waals surface area (Å²) in [7, 11) is 0. The summed E-state index contributed by atoms with van der Waals surface area (Å²) in [5.74, 6) is 0. The van der Waals surface area contributed by atoms with E-state index in [4.69, 9.17) is 0 Å². The molecule has 0 aromatic carbocycles. The second kappa shape index (κ2) is 4.40. The van der Waals surface area contributed by atoms with Gasteiger partial charge in [0, 0.05) is 31.7 Å². The van der Waals surface area contributed by atoms with Crippen molar-refractivity contribution in [3.05, 3.63) is 0 Å². The molecule has 2 rings (SSSR count). The molecule has 2 aliphatic rings. The van der Waals surface area contributed by atoms with Gasteiger partial charge in [0.25, 0.3) is 0 Å². The van der Waals surface area contributed by atoms with Crippen molar-refractivity contribution in [2.45, 2.75) is 31.8 Å². The summed E-state index contributed by atoms with van der Waals surface area (Å²) in [5.41, 5.74) is 0. The maximum absolute atomic E-state index is 3.72. The van der Waals surface area contributed by atoms with Gasteiger partial charge in [0.2, 0.25) is 0 Å². The molecule has 76 valence electrons. The molecule has 2 N–H and O–H groups in total. The summed E-state index contributed by atoms with van der Waals surface area (Å²) in [6, 6.07) is 1.50. The zero-order chi connectivity index (χ0) is 9.10. The molecule has 1 atom stereocenters. The maximum atomic E-state index is 3.72. The van der Waals surface area contributed by atoms with E-state index in [9.17, 15) is 0 Å². The fourth-order valence-electron chi connectivity index (χ4n) is 2.22. The number of hydrogen-bond acceptors (Lipinski definition) is 3. The molecule has 0 aliphatic carbocycles. The summed E-state index contributed by atoms with van der Waals surface area (Å²) in [6.07, 6.45) is 2.73. The standard InChI is InChI=1S/C10H21N3/c1-2-13-5-3-4-9(8-13)12-10-6-11-7-10/h9-12H,2-8H2,1H3. The van der Waals surface area contributed by atoms with Crippen LogP contribution in [0.1, 0.15) is 19.8 Å². The van der Waals surface area contributed by atoms with Crippen LogP contribution in [0.2, 0.25) is 0 Å². The van der Waals surface area contributed by atoms with Crippen molar-refractivity contribution in [3.63, 3.8) is 0 Å². The van der Waals surface area contributed by atoms with Crippen LogP contribution in [0.3, 0.4) is 0 Å². The fourth-order valence-corrected chi connectivity index (χ4v) is 2.22. The van der Waals surface area contributed by atoms with Crippen LogP contribution in [0.15, 0.2) is 0 Å². The Morgan fingerprint density at radius 3 is 2.85 bits per heavy atom. The van der Waals surface area contributed by atoms with Gasteiger partial charge in [-0.15, -0.1) is 0 Å². The Kier molecular flexibility index (Phi) is 3.19. The van der Waals surface area contributed by atoms with Crippen LogP contribution in [-0.2, 0) is 0 Å². The molecular formula is C10H21N3. The first-order chi connectivity index (χ1) is 6.38. The highest BCUT2D eigenvalue weighted by Gasteiger charge is 2.23. The molecule has 3 nitrogen and oxygen atoms in total. The molecule has 0 amide bonds. The van der Waals surface area contributed by atoms with E-state index < -0.39 is 0 Å². The van der Waals surface area contributed by atoms with Crippen LogP contribution >= 0.6 is 0 Å². The number of nitrogens with one attached hydrogen (secondary N) is 2.